The van der Waals surface area contributed by atoms with E-state index in [9.17, 15) is 9.59 Å². The van der Waals surface area contributed by atoms with Gasteiger partial charge in [0.25, 0.3) is 0 Å². The number of hydrogen-bond donors (Lipinski definition) is 2. The van der Waals surface area contributed by atoms with Gasteiger partial charge in [-0.3, -0.25) is 4.79 Å². The monoisotopic (exact) mass is 546 g/mol. The van der Waals surface area contributed by atoms with Crippen molar-refractivity contribution in [2.45, 2.75) is 85.0 Å². The Labute approximate surface area is 237 Å². The molecule has 0 saturated heterocycles. The molecule has 2 N–H and O–H groups in total. The van der Waals surface area contributed by atoms with Crippen molar-refractivity contribution in [3.05, 3.63) is 48.1 Å². The molecule has 0 aromatic heterocycles. The fourth-order valence-corrected chi connectivity index (χ4v) is 5.50. The molecule has 222 valence electrons. The van der Waals surface area contributed by atoms with Crippen LogP contribution in [0.5, 0.6) is 0 Å². The summed E-state index contributed by atoms with van der Waals surface area (Å²) >= 11 is 0. The fourth-order valence-electron chi connectivity index (χ4n) is 5.50. The summed E-state index contributed by atoms with van der Waals surface area (Å²) in [5, 5.41) is 17.1. The van der Waals surface area contributed by atoms with E-state index in [1.165, 1.54) is 56.9 Å². The topological polar surface area (TPSA) is 93.1 Å². The number of methoxy groups -OCH3 is 1. The Morgan fingerprint density at radius 1 is 1.15 bits per heavy atom. The standard InChI is InChI=1S/C26H42O3.C7H12O3/c1-6-7-8-9-21-10-12-22(13-11-21)23-14-16-24(17-15-23)26(4,18-28-5)19-29-25(27)20(2)3;1-6(3-8)2-7(4-9)5-10/h14,16-17,21-23H,2,6-13,15,18-19H2,1,3-5H3;3,7,9-10H,1-2,4-5H2. The minimum absolute atomic E-state index is 0.108. The summed E-state index contributed by atoms with van der Waals surface area (Å²) in [4.78, 5) is 21.9. The van der Waals surface area contributed by atoms with Crippen LogP contribution in [0.1, 0.15) is 85.0 Å². The van der Waals surface area contributed by atoms with Crippen LogP contribution >= 0.6 is 0 Å². The number of aliphatic hydroxyl groups excluding tert-OH is 2. The molecule has 39 heavy (non-hydrogen) atoms. The molecule has 2 aliphatic rings. The van der Waals surface area contributed by atoms with Gasteiger partial charge in [-0.1, -0.05) is 83.8 Å². The SMILES string of the molecule is C=C(C)C(=O)OCC(C)(COC)C1=CCC(C2CCC(CCCCC)CC2)C=C1.C=C(C=O)CC(CO)CO. The molecule has 1 saturated carbocycles. The Balaban J connectivity index is 0.000000646. The number of unbranched alkanes of at least 4 members (excludes halogenated alkanes) is 2. The molecule has 0 radical (unpaired) electrons. The highest BCUT2D eigenvalue weighted by Crippen LogP contribution is 2.41. The van der Waals surface area contributed by atoms with Crippen LogP contribution in [0.2, 0.25) is 0 Å². The number of rotatable bonds is 16. The zero-order valence-corrected chi connectivity index (χ0v) is 25.0. The lowest BCUT2D eigenvalue weighted by Crippen LogP contribution is -2.33. The molecule has 2 rings (SSSR count). The largest absolute Gasteiger partial charge is 0.461 e. The van der Waals surface area contributed by atoms with Gasteiger partial charge >= 0.3 is 5.97 Å². The van der Waals surface area contributed by atoms with Gasteiger partial charge in [0, 0.05) is 37.2 Å². The summed E-state index contributed by atoms with van der Waals surface area (Å²) in [5.74, 6) is 1.87. The molecule has 1 fully saturated rings. The van der Waals surface area contributed by atoms with E-state index in [0.717, 1.165) is 18.3 Å². The highest BCUT2D eigenvalue weighted by Gasteiger charge is 2.33. The van der Waals surface area contributed by atoms with E-state index in [0.29, 0.717) is 43.0 Å². The van der Waals surface area contributed by atoms with E-state index < -0.39 is 0 Å². The van der Waals surface area contributed by atoms with E-state index >= 15 is 0 Å². The smallest absolute Gasteiger partial charge is 0.333 e. The maximum Gasteiger partial charge on any atom is 0.333 e. The van der Waals surface area contributed by atoms with E-state index in [1.807, 2.05) is 0 Å². The molecular formula is C33H54O6. The Bertz CT molecular complexity index is 816. The first kappa shape index (κ1) is 35.0. The first-order chi connectivity index (χ1) is 18.6. The van der Waals surface area contributed by atoms with Crippen LogP contribution < -0.4 is 0 Å². The van der Waals surface area contributed by atoms with Crippen LogP contribution in [0.4, 0.5) is 0 Å². The molecule has 2 unspecified atom stereocenters. The van der Waals surface area contributed by atoms with Crippen LogP contribution in [0, 0.1) is 29.1 Å². The van der Waals surface area contributed by atoms with Crippen molar-refractivity contribution in [2.75, 3.05) is 33.5 Å². The fraction of sp³-hybridized carbons (Fsp3) is 0.697. The Morgan fingerprint density at radius 3 is 2.31 bits per heavy atom. The predicted molar refractivity (Wildman–Crippen MR) is 158 cm³/mol. The summed E-state index contributed by atoms with van der Waals surface area (Å²) < 4.78 is 10.9. The molecule has 6 heteroatoms. The van der Waals surface area contributed by atoms with Crippen molar-refractivity contribution in [1.82, 2.24) is 0 Å². The third kappa shape index (κ3) is 12.8. The third-order valence-corrected chi connectivity index (χ3v) is 8.11. The molecule has 2 aliphatic carbocycles. The van der Waals surface area contributed by atoms with E-state index in [2.05, 4.69) is 45.2 Å². The molecule has 2 atom stereocenters. The van der Waals surface area contributed by atoms with Crippen molar-refractivity contribution >= 4 is 12.3 Å². The van der Waals surface area contributed by atoms with Crippen LogP contribution in [0.25, 0.3) is 0 Å². The summed E-state index contributed by atoms with van der Waals surface area (Å²) in [6.45, 7) is 13.8. The van der Waals surface area contributed by atoms with Crippen LogP contribution in [0.15, 0.2) is 48.1 Å². The van der Waals surface area contributed by atoms with Crippen LogP contribution in [-0.4, -0.2) is 56.0 Å². The maximum atomic E-state index is 11.8. The van der Waals surface area contributed by atoms with Gasteiger partial charge < -0.3 is 19.7 Å². The molecule has 0 aromatic rings. The Kier molecular flexibility index (Phi) is 17.2. The van der Waals surface area contributed by atoms with E-state index in [-0.39, 0.29) is 30.5 Å². The molecule has 0 aliphatic heterocycles. The van der Waals surface area contributed by atoms with Gasteiger partial charge in [-0.15, -0.1) is 0 Å². The van der Waals surface area contributed by atoms with Gasteiger partial charge in [0.05, 0.1) is 6.61 Å². The molecule has 0 spiro atoms. The van der Waals surface area contributed by atoms with Gasteiger partial charge in [0.1, 0.15) is 12.9 Å². The van der Waals surface area contributed by atoms with Crippen LogP contribution in [-0.2, 0) is 19.1 Å². The number of hydrogen-bond acceptors (Lipinski definition) is 6. The summed E-state index contributed by atoms with van der Waals surface area (Å²) in [6, 6.07) is 0. The number of aldehydes is 1. The minimum atomic E-state index is -0.332. The number of carbonyl (C=O) groups excluding carboxylic acids is 2. The van der Waals surface area contributed by atoms with Crippen molar-refractivity contribution in [3.8, 4) is 0 Å². The van der Waals surface area contributed by atoms with Crippen LogP contribution in [0.3, 0.4) is 0 Å². The Morgan fingerprint density at radius 2 is 1.82 bits per heavy atom. The normalized spacial score (nSPS) is 22.2. The second-order valence-electron chi connectivity index (χ2n) is 11.8. The summed E-state index contributed by atoms with van der Waals surface area (Å²) in [6.07, 6.45) is 20.2. The average molecular weight is 547 g/mol. The van der Waals surface area contributed by atoms with E-state index in [4.69, 9.17) is 19.7 Å². The van der Waals surface area contributed by atoms with E-state index in [1.54, 1.807) is 14.0 Å². The lowest BCUT2D eigenvalue weighted by molar-refractivity contribution is -0.142. The van der Waals surface area contributed by atoms with Gasteiger partial charge in [0.15, 0.2) is 0 Å². The van der Waals surface area contributed by atoms with Crippen molar-refractivity contribution < 1.29 is 29.3 Å². The number of esters is 1. The second-order valence-corrected chi connectivity index (χ2v) is 11.8. The Hall–Kier alpha value is -2.02. The number of allylic oxidation sites excluding steroid dienone is 4. The highest BCUT2D eigenvalue weighted by molar-refractivity contribution is 5.86. The van der Waals surface area contributed by atoms with Gasteiger partial charge in [-0.25, -0.2) is 4.79 Å². The zero-order valence-electron chi connectivity index (χ0n) is 25.0. The first-order valence-electron chi connectivity index (χ1n) is 14.7. The summed E-state index contributed by atoms with van der Waals surface area (Å²) in [7, 11) is 1.70. The number of ether oxygens (including phenoxy) is 2. The van der Waals surface area contributed by atoms with Crippen molar-refractivity contribution in [2.24, 2.45) is 29.1 Å². The van der Waals surface area contributed by atoms with Gasteiger partial charge in [0.2, 0.25) is 0 Å². The first-order valence-corrected chi connectivity index (χ1v) is 14.7. The minimum Gasteiger partial charge on any atom is -0.461 e. The van der Waals surface area contributed by atoms with Gasteiger partial charge in [-0.05, 0) is 61.5 Å². The van der Waals surface area contributed by atoms with Gasteiger partial charge in [-0.2, -0.15) is 0 Å². The quantitative estimate of drug-likeness (QED) is 0.101. The maximum absolute atomic E-state index is 11.8. The molecule has 6 nitrogen and oxygen atoms in total. The highest BCUT2D eigenvalue weighted by atomic mass is 16.5. The zero-order chi connectivity index (χ0) is 29.3. The lowest BCUT2D eigenvalue weighted by atomic mass is 9.71. The third-order valence-electron chi connectivity index (χ3n) is 8.11. The average Bonchev–Trinajstić information content (AvgIpc) is 2.95. The molecular weight excluding hydrogens is 492 g/mol. The molecule has 0 aromatic carbocycles. The van der Waals surface area contributed by atoms with Crippen molar-refractivity contribution in [3.63, 3.8) is 0 Å². The molecule has 0 bridgehead atoms. The predicted octanol–water partition coefficient (Wildman–Crippen LogP) is 6.38. The molecule has 0 amide bonds. The van der Waals surface area contributed by atoms with Crippen molar-refractivity contribution in [1.29, 1.82) is 0 Å². The molecule has 0 heterocycles. The second kappa shape index (κ2) is 19.1. The lowest BCUT2D eigenvalue weighted by Gasteiger charge is -2.36. The number of aliphatic hydroxyl groups is 2. The summed E-state index contributed by atoms with van der Waals surface area (Å²) in [5.41, 5.74) is 1.74. The number of carbonyl (C=O) groups is 2.